The van der Waals surface area contributed by atoms with E-state index in [2.05, 4.69) is 15.5 Å². The van der Waals surface area contributed by atoms with Gasteiger partial charge in [0, 0.05) is 17.1 Å². The first-order valence-corrected chi connectivity index (χ1v) is 9.52. The van der Waals surface area contributed by atoms with Crippen molar-refractivity contribution in [1.29, 1.82) is 0 Å². The summed E-state index contributed by atoms with van der Waals surface area (Å²) in [6.07, 6.45) is 0. The molecule has 5 nitrogen and oxygen atoms in total. The van der Waals surface area contributed by atoms with Crippen molar-refractivity contribution >= 4 is 35.0 Å². The lowest BCUT2D eigenvalue weighted by Crippen LogP contribution is -2.16. The average molecular weight is 427 g/mol. The maximum atomic E-state index is 13.7. The minimum Gasteiger partial charge on any atom is -0.323 e. The van der Waals surface area contributed by atoms with Crippen LogP contribution in [0.2, 0.25) is 5.02 Å². The second kappa shape index (κ2) is 8.66. The molecule has 0 radical (unpaired) electrons. The molecule has 1 heterocycles. The highest BCUT2D eigenvalue weighted by Gasteiger charge is 2.17. The summed E-state index contributed by atoms with van der Waals surface area (Å²) < 4.78 is 41.7. The maximum absolute atomic E-state index is 13.7. The van der Waals surface area contributed by atoms with Crippen molar-refractivity contribution in [3.05, 3.63) is 58.9 Å². The van der Waals surface area contributed by atoms with Crippen LogP contribution < -0.4 is 5.32 Å². The standard InChI is InChI=1S/C18H14ClF3N4OS/c1-2-26-17(10-3-5-11(19)6-4-10)24-25-18(26)28-9-14(27)23-13-8-7-12(20)15(21)16(13)22/h3-8H,2,9H2,1H3,(H,23,27). The van der Waals surface area contributed by atoms with Crippen LogP contribution in [0.25, 0.3) is 11.4 Å². The highest BCUT2D eigenvalue weighted by Crippen LogP contribution is 2.25. The fraction of sp³-hybridized carbons (Fsp3) is 0.167. The Hall–Kier alpha value is -2.52. The Bertz CT molecular complexity index is 1010. The number of aromatic nitrogens is 3. The number of carbonyl (C=O) groups excluding carboxylic acids is 1. The predicted octanol–water partition coefficient (Wildman–Crippen LogP) is 4.77. The Morgan fingerprint density at radius 2 is 1.82 bits per heavy atom. The maximum Gasteiger partial charge on any atom is 0.234 e. The zero-order chi connectivity index (χ0) is 20.3. The molecule has 0 aliphatic carbocycles. The Labute approximate surface area is 167 Å². The number of thioether (sulfide) groups is 1. The van der Waals surface area contributed by atoms with E-state index >= 15 is 0 Å². The third kappa shape index (κ3) is 4.31. The first-order valence-electron chi connectivity index (χ1n) is 8.16. The molecule has 10 heteroatoms. The number of rotatable bonds is 6. The summed E-state index contributed by atoms with van der Waals surface area (Å²) in [7, 11) is 0. The largest absolute Gasteiger partial charge is 0.323 e. The van der Waals surface area contributed by atoms with Gasteiger partial charge in [0.1, 0.15) is 0 Å². The monoisotopic (exact) mass is 426 g/mol. The Balaban J connectivity index is 1.70. The molecule has 1 aromatic heterocycles. The van der Waals surface area contributed by atoms with E-state index in [4.69, 9.17) is 11.6 Å². The number of benzene rings is 2. The molecule has 0 saturated heterocycles. The number of halogens is 4. The van der Waals surface area contributed by atoms with E-state index < -0.39 is 29.0 Å². The van der Waals surface area contributed by atoms with Gasteiger partial charge in [-0.1, -0.05) is 23.4 Å². The Morgan fingerprint density at radius 3 is 2.50 bits per heavy atom. The van der Waals surface area contributed by atoms with Gasteiger partial charge >= 0.3 is 0 Å². The number of amides is 1. The molecule has 0 unspecified atom stereocenters. The van der Waals surface area contributed by atoms with Crippen molar-refractivity contribution in [2.24, 2.45) is 0 Å². The molecule has 0 fully saturated rings. The van der Waals surface area contributed by atoms with Gasteiger partial charge in [0.15, 0.2) is 28.4 Å². The molecule has 0 atom stereocenters. The second-order valence-electron chi connectivity index (χ2n) is 5.62. The smallest absolute Gasteiger partial charge is 0.234 e. The number of hydrogen-bond donors (Lipinski definition) is 1. The third-order valence-corrected chi connectivity index (χ3v) is 5.00. The molecule has 1 amide bonds. The van der Waals surface area contributed by atoms with Crippen molar-refractivity contribution in [2.75, 3.05) is 11.1 Å². The lowest BCUT2D eigenvalue weighted by atomic mass is 10.2. The van der Waals surface area contributed by atoms with Crippen molar-refractivity contribution in [1.82, 2.24) is 14.8 Å². The van der Waals surface area contributed by atoms with Crippen LogP contribution in [0.15, 0.2) is 41.6 Å². The summed E-state index contributed by atoms with van der Waals surface area (Å²) in [4.78, 5) is 12.1. The first-order chi connectivity index (χ1) is 13.4. The van der Waals surface area contributed by atoms with E-state index in [9.17, 15) is 18.0 Å². The average Bonchev–Trinajstić information content (AvgIpc) is 3.10. The quantitative estimate of drug-likeness (QED) is 0.456. The molecule has 28 heavy (non-hydrogen) atoms. The van der Waals surface area contributed by atoms with Crippen LogP contribution in [0, 0.1) is 17.5 Å². The first kappa shape index (κ1) is 20.2. The number of hydrogen-bond acceptors (Lipinski definition) is 4. The van der Waals surface area contributed by atoms with Crippen molar-refractivity contribution in [2.45, 2.75) is 18.6 Å². The molecule has 3 rings (SSSR count). The number of nitrogens with one attached hydrogen (secondary N) is 1. The minimum atomic E-state index is -1.64. The van der Waals surface area contributed by atoms with Crippen LogP contribution >= 0.6 is 23.4 Å². The molecular formula is C18H14ClF3N4OS. The van der Waals surface area contributed by atoms with E-state index in [0.717, 1.165) is 29.5 Å². The van der Waals surface area contributed by atoms with Gasteiger partial charge in [0.2, 0.25) is 5.91 Å². The molecule has 1 N–H and O–H groups in total. The van der Waals surface area contributed by atoms with Crippen molar-refractivity contribution in [3.8, 4) is 11.4 Å². The van der Waals surface area contributed by atoms with Gasteiger partial charge in [0.25, 0.3) is 0 Å². The normalized spacial score (nSPS) is 10.9. The zero-order valence-electron chi connectivity index (χ0n) is 14.5. The Morgan fingerprint density at radius 1 is 1.11 bits per heavy atom. The van der Waals surface area contributed by atoms with Gasteiger partial charge in [-0.2, -0.15) is 0 Å². The summed E-state index contributed by atoms with van der Waals surface area (Å²) in [5.74, 6) is -4.49. The lowest BCUT2D eigenvalue weighted by molar-refractivity contribution is -0.113. The molecule has 3 aromatic rings. The molecule has 0 spiro atoms. The van der Waals surface area contributed by atoms with Crippen LogP contribution in [-0.2, 0) is 11.3 Å². The second-order valence-corrected chi connectivity index (χ2v) is 7.00. The molecule has 0 aliphatic rings. The van der Waals surface area contributed by atoms with Gasteiger partial charge in [0.05, 0.1) is 11.4 Å². The molecule has 2 aromatic carbocycles. The van der Waals surface area contributed by atoms with E-state index in [1.807, 2.05) is 23.6 Å². The van der Waals surface area contributed by atoms with Gasteiger partial charge in [-0.05, 0) is 43.3 Å². The van der Waals surface area contributed by atoms with Crippen LogP contribution in [0.1, 0.15) is 6.92 Å². The SMILES string of the molecule is CCn1c(SCC(=O)Nc2ccc(F)c(F)c2F)nnc1-c1ccc(Cl)cc1. The molecule has 0 aliphatic heterocycles. The van der Waals surface area contributed by atoms with E-state index in [1.165, 1.54) is 0 Å². The lowest BCUT2D eigenvalue weighted by Gasteiger charge is -2.09. The summed E-state index contributed by atoms with van der Waals surface area (Å²) in [6, 6.07) is 8.80. The highest BCUT2D eigenvalue weighted by atomic mass is 35.5. The van der Waals surface area contributed by atoms with Crippen molar-refractivity contribution in [3.63, 3.8) is 0 Å². The number of nitrogens with zero attached hydrogens (tertiary/aromatic N) is 3. The van der Waals surface area contributed by atoms with E-state index in [0.29, 0.717) is 22.5 Å². The van der Waals surface area contributed by atoms with Gasteiger partial charge in [-0.25, -0.2) is 13.2 Å². The fourth-order valence-corrected chi connectivity index (χ4v) is 3.36. The van der Waals surface area contributed by atoms with Crippen LogP contribution in [0.4, 0.5) is 18.9 Å². The number of anilines is 1. The fourth-order valence-electron chi connectivity index (χ4n) is 2.43. The number of carbonyl (C=O) groups is 1. The zero-order valence-corrected chi connectivity index (χ0v) is 16.1. The van der Waals surface area contributed by atoms with Crippen LogP contribution in [0.5, 0.6) is 0 Å². The molecule has 0 bridgehead atoms. The third-order valence-electron chi connectivity index (χ3n) is 3.78. The van der Waals surface area contributed by atoms with Gasteiger partial charge < -0.3 is 9.88 Å². The van der Waals surface area contributed by atoms with Crippen molar-refractivity contribution < 1.29 is 18.0 Å². The summed E-state index contributed by atoms with van der Waals surface area (Å²) in [5.41, 5.74) is 0.391. The Kier molecular flexibility index (Phi) is 6.25. The van der Waals surface area contributed by atoms with Gasteiger partial charge in [-0.3, -0.25) is 4.79 Å². The summed E-state index contributed by atoms with van der Waals surface area (Å²) in [5, 5.41) is 11.5. The topological polar surface area (TPSA) is 59.8 Å². The highest BCUT2D eigenvalue weighted by molar-refractivity contribution is 7.99. The molecule has 0 saturated carbocycles. The molecule has 146 valence electrons. The van der Waals surface area contributed by atoms with Crippen LogP contribution in [-0.4, -0.2) is 26.4 Å². The van der Waals surface area contributed by atoms with E-state index in [1.54, 1.807) is 12.1 Å². The summed E-state index contributed by atoms with van der Waals surface area (Å²) >= 11 is 6.99. The van der Waals surface area contributed by atoms with Crippen LogP contribution in [0.3, 0.4) is 0 Å². The minimum absolute atomic E-state index is 0.114. The predicted molar refractivity (Wildman–Crippen MR) is 102 cm³/mol. The van der Waals surface area contributed by atoms with E-state index in [-0.39, 0.29) is 5.75 Å². The van der Waals surface area contributed by atoms with Gasteiger partial charge in [-0.15, -0.1) is 10.2 Å². The summed E-state index contributed by atoms with van der Waals surface area (Å²) in [6.45, 7) is 2.47. The molecular weight excluding hydrogens is 413 g/mol.